The number of hydrogen-bond donors (Lipinski definition) is 1. The van der Waals surface area contributed by atoms with Crippen molar-refractivity contribution in [1.82, 2.24) is 9.88 Å². The highest BCUT2D eigenvalue weighted by Crippen LogP contribution is 2.43. The van der Waals surface area contributed by atoms with Gasteiger partial charge in [-0.15, -0.1) is 0 Å². The summed E-state index contributed by atoms with van der Waals surface area (Å²) in [5.41, 5.74) is 3.40. The van der Waals surface area contributed by atoms with Crippen molar-refractivity contribution in [3.8, 4) is 11.8 Å². The number of piperidine rings is 1. The van der Waals surface area contributed by atoms with Crippen LogP contribution < -0.4 is 9.64 Å². The van der Waals surface area contributed by atoms with Crippen molar-refractivity contribution >= 4 is 17.7 Å². The third-order valence-corrected chi connectivity index (χ3v) is 7.70. The molecule has 4 heterocycles. The number of carbonyl (C=O) groups is 2. The molecule has 1 aromatic heterocycles. The topological polar surface area (TPSA) is 116 Å². The Morgan fingerprint density at radius 2 is 2.09 bits per heavy atom. The van der Waals surface area contributed by atoms with E-state index >= 15 is 0 Å². The number of benzene rings is 1. The van der Waals surface area contributed by atoms with Crippen LogP contribution in [-0.4, -0.2) is 60.2 Å². The first-order valence-corrected chi connectivity index (χ1v) is 11.8. The first-order chi connectivity index (χ1) is 16.8. The zero-order valence-corrected chi connectivity index (χ0v) is 19.9. The molecule has 0 bridgehead atoms. The van der Waals surface area contributed by atoms with Crippen LogP contribution in [-0.2, 0) is 16.1 Å². The molecule has 0 saturated carbocycles. The fourth-order valence-electron chi connectivity index (χ4n) is 5.55. The van der Waals surface area contributed by atoms with Crippen molar-refractivity contribution < 1.29 is 24.2 Å². The van der Waals surface area contributed by atoms with Gasteiger partial charge >= 0.3 is 5.97 Å². The van der Waals surface area contributed by atoms with Crippen LogP contribution in [0, 0.1) is 23.7 Å². The van der Waals surface area contributed by atoms with Crippen LogP contribution in [0.4, 0.5) is 5.82 Å². The van der Waals surface area contributed by atoms with Crippen molar-refractivity contribution in [3.63, 3.8) is 0 Å². The van der Waals surface area contributed by atoms with Crippen LogP contribution in [0.5, 0.6) is 5.75 Å². The molecule has 1 N–H and O–H groups in total. The highest BCUT2D eigenvalue weighted by molar-refractivity contribution is 5.96. The van der Waals surface area contributed by atoms with Gasteiger partial charge < -0.3 is 19.5 Å². The fourth-order valence-corrected chi connectivity index (χ4v) is 5.55. The summed E-state index contributed by atoms with van der Waals surface area (Å²) in [5, 5.41) is 20.2. The number of nitrogens with zero attached hydrogens (tertiary/aromatic N) is 4. The minimum atomic E-state index is -0.665. The normalized spacial score (nSPS) is 20.0. The molecule has 9 heteroatoms. The molecule has 2 fully saturated rings. The number of methoxy groups -OCH3 is 1. The second kappa shape index (κ2) is 8.95. The van der Waals surface area contributed by atoms with Crippen LogP contribution in [0.25, 0.3) is 0 Å². The van der Waals surface area contributed by atoms with Gasteiger partial charge in [0.25, 0.3) is 0 Å². The number of hydrogen-bond acceptors (Lipinski definition) is 8. The van der Waals surface area contributed by atoms with E-state index in [4.69, 9.17) is 9.47 Å². The Hall–Kier alpha value is -3.48. The quantitative estimate of drug-likeness (QED) is 0.655. The highest BCUT2D eigenvalue weighted by atomic mass is 16.5. The summed E-state index contributed by atoms with van der Waals surface area (Å²) in [6, 6.07) is 7.26. The van der Waals surface area contributed by atoms with Gasteiger partial charge in [0.05, 0.1) is 25.0 Å². The van der Waals surface area contributed by atoms with E-state index in [1.54, 1.807) is 17.0 Å². The smallest absolute Gasteiger partial charge is 0.338 e. The van der Waals surface area contributed by atoms with E-state index < -0.39 is 6.10 Å². The number of esters is 1. The maximum Gasteiger partial charge on any atom is 0.338 e. The lowest BCUT2D eigenvalue weighted by molar-refractivity contribution is -0.118. The molecular weight excluding hydrogens is 448 g/mol. The molecule has 2 aromatic rings. The second-order valence-corrected chi connectivity index (χ2v) is 9.71. The van der Waals surface area contributed by atoms with E-state index in [9.17, 15) is 20.0 Å². The summed E-state index contributed by atoms with van der Waals surface area (Å²) >= 11 is 0. The summed E-state index contributed by atoms with van der Waals surface area (Å²) in [7, 11) is 1.49. The van der Waals surface area contributed by atoms with Gasteiger partial charge in [0.2, 0.25) is 5.91 Å². The van der Waals surface area contributed by atoms with Gasteiger partial charge in [-0.05, 0) is 55.5 Å². The minimum absolute atomic E-state index is 0.0308. The lowest BCUT2D eigenvalue weighted by Crippen LogP contribution is -2.43. The molecule has 1 aromatic carbocycles. The molecule has 1 atom stereocenters. The number of amides is 1. The van der Waals surface area contributed by atoms with Crippen LogP contribution in [0.2, 0.25) is 0 Å². The zero-order valence-electron chi connectivity index (χ0n) is 19.9. The first-order valence-electron chi connectivity index (χ1n) is 11.8. The monoisotopic (exact) mass is 476 g/mol. The van der Waals surface area contributed by atoms with Gasteiger partial charge in [0.1, 0.15) is 29.8 Å². The number of nitriles is 1. The van der Waals surface area contributed by atoms with Crippen molar-refractivity contribution in [2.45, 2.75) is 38.9 Å². The van der Waals surface area contributed by atoms with Crippen LogP contribution in [0.15, 0.2) is 24.4 Å². The van der Waals surface area contributed by atoms with E-state index in [-0.39, 0.29) is 23.9 Å². The highest BCUT2D eigenvalue weighted by Gasteiger charge is 2.46. The molecule has 1 amide bonds. The number of aliphatic hydroxyl groups is 1. The van der Waals surface area contributed by atoms with Crippen LogP contribution in [0.3, 0.4) is 0 Å². The third-order valence-electron chi connectivity index (χ3n) is 7.70. The average Bonchev–Trinajstić information content (AvgIpc) is 3.40. The van der Waals surface area contributed by atoms with Crippen molar-refractivity contribution in [2.24, 2.45) is 5.41 Å². The van der Waals surface area contributed by atoms with E-state index in [2.05, 4.69) is 9.88 Å². The molecule has 182 valence electrons. The van der Waals surface area contributed by atoms with Crippen molar-refractivity contribution in [2.75, 3.05) is 38.2 Å². The van der Waals surface area contributed by atoms with Gasteiger partial charge in [-0.1, -0.05) is 6.07 Å². The van der Waals surface area contributed by atoms with Gasteiger partial charge in [-0.2, -0.15) is 5.26 Å². The molecule has 3 aliphatic heterocycles. The molecule has 0 radical (unpaired) electrons. The maximum absolute atomic E-state index is 12.9. The Morgan fingerprint density at radius 3 is 2.80 bits per heavy atom. The number of ether oxygens (including phenoxy) is 2. The summed E-state index contributed by atoms with van der Waals surface area (Å²) in [6.45, 7) is 4.84. The molecule has 2 saturated heterocycles. The Bertz CT molecular complexity index is 1230. The maximum atomic E-state index is 12.9. The standard InChI is InChI=1S/C26H28N4O5/c1-16-18(3-4-19-20(16)14-35-25(19)33)21(31)13-29-7-5-26(6-8-29)10-24(32)30(15-26)23-9-22(34-2)17(11-27)12-28-23/h3-4,9,12,21,31H,5-8,10,13-15H2,1-2H3. The lowest BCUT2D eigenvalue weighted by Gasteiger charge is -2.39. The van der Waals surface area contributed by atoms with Gasteiger partial charge in [0, 0.05) is 31.1 Å². The van der Waals surface area contributed by atoms with Gasteiger partial charge in [-0.25, -0.2) is 9.78 Å². The first kappa shape index (κ1) is 23.3. The summed E-state index contributed by atoms with van der Waals surface area (Å²) in [4.78, 5) is 32.9. The Morgan fingerprint density at radius 1 is 1.31 bits per heavy atom. The second-order valence-electron chi connectivity index (χ2n) is 9.71. The number of carbonyl (C=O) groups excluding carboxylic acids is 2. The number of aromatic nitrogens is 1. The van der Waals surface area contributed by atoms with Gasteiger partial charge in [-0.3, -0.25) is 9.69 Å². The number of rotatable bonds is 5. The predicted octanol–water partition coefficient (Wildman–Crippen LogP) is 2.49. The van der Waals surface area contributed by atoms with Crippen molar-refractivity contribution in [3.05, 3.63) is 52.2 Å². The largest absolute Gasteiger partial charge is 0.495 e. The zero-order chi connectivity index (χ0) is 24.7. The van der Waals surface area contributed by atoms with E-state index in [0.29, 0.717) is 42.2 Å². The number of pyridine rings is 1. The molecule has 9 nitrogen and oxygen atoms in total. The molecule has 0 aliphatic carbocycles. The summed E-state index contributed by atoms with van der Waals surface area (Å²) in [6.07, 6.45) is 2.94. The van der Waals surface area contributed by atoms with Crippen molar-refractivity contribution in [1.29, 1.82) is 5.26 Å². The number of fused-ring (bicyclic) bond motifs is 1. The molecule has 5 rings (SSSR count). The Kier molecular flexibility index (Phi) is 5.95. The minimum Gasteiger partial charge on any atom is -0.495 e. The Labute approximate surface area is 203 Å². The molecular formula is C26H28N4O5. The van der Waals surface area contributed by atoms with E-state index in [0.717, 1.165) is 42.6 Å². The molecule has 1 unspecified atom stereocenters. The average molecular weight is 477 g/mol. The summed E-state index contributed by atoms with van der Waals surface area (Å²) < 4.78 is 10.4. The SMILES string of the molecule is COc1cc(N2CC3(CCN(CC(O)c4ccc5c(c4C)COC5=O)CC3)CC2=O)ncc1C#N. The molecule has 35 heavy (non-hydrogen) atoms. The van der Waals surface area contributed by atoms with Gasteiger partial charge in [0.15, 0.2) is 0 Å². The summed E-state index contributed by atoms with van der Waals surface area (Å²) in [5.74, 6) is 0.645. The number of anilines is 1. The Balaban J connectivity index is 1.23. The number of cyclic esters (lactones) is 1. The fraction of sp³-hybridized carbons (Fsp3) is 0.462. The van der Waals surface area contributed by atoms with E-state index in [1.165, 1.54) is 13.3 Å². The van der Waals surface area contributed by atoms with Crippen LogP contribution >= 0.6 is 0 Å². The lowest BCUT2D eigenvalue weighted by atomic mass is 9.77. The molecule has 3 aliphatic rings. The van der Waals surface area contributed by atoms with E-state index in [1.807, 2.05) is 19.1 Å². The predicted molar refractivity (Wildman–Crippen MR) is 126 cm³/mol. The number of aliphatic hydroxyl groups excluding tert-OH is 1. The third kappa shape index (κ3) is 4.13. The number of β-amino-alcohol motifs (C(OH)–C–C–N with tert-alkyl or cyclic N) is 1. The number of likely N-dealkylation sites (tertiary alicyclic amines) is 1. The molecule has 1 spiro atoms. The van der Waals surface area contributed by atoms with Crippen LogP contribution in [0.1, 0.15) is 58.0 Å².